The molecule has 2 aromatic rings. The number of carbonyl (C=O) groups excluding carboxylic acids is 1. The first-order valence-electron chi connectivity index (χ1n) is 6.74. The first-order chi connectivity index (χ1) is 10.1. The number of aromatic nitrogens is 2. The number of hydrogen-bond donors (Lipinski definition) is 2. The highest BCUT2D eigenvalue weighted by molar-refractivity contribution is 5.95. The number of rotatable bonds is 6. The lowest BCUT2D eigenvalue weighted by Crippen LogP contribution is -2.12. The highest BCUT2D eigenvalue weighted by atomic mass is 16.5. The van der Waals surface area contributed by atoms with Crippen LogP contribution >= 0.6 is 0 Å². The quantitative estimate of drug-likeness (QED) is 0.784. The van der Waals surface area contributed by atoms with E-state index in [-0.39, 0.29) is 6.61 Å². The molecule has 2 rings (SSSR count). The van der Waals surface area contributed by atoms with Crippen LogP contribution in [0, 0.1) is 0 Å². The number of nitrogens with zero attached hydrogens (tertiary/aromatic N) is 2. The van der Waals surface area contributed by atoms with Crippen molar-refractivity contribution in [2.45, 2.75) is 26.8 Å². The van der Waals surface area contributed by atoms with E-state index >= 15 is 0 Å². The Morgan fingerprint density at radius 1 is 1.38 bits per heavy atom. The minimum Gasteiger partial charge on any atom is -0.462 e. The number of nitrogens with two attached hydrogens (primary N) is 1. The smallest absolute Gasteiger partial charge is 0.341 e. The largest absolute Gasteiger partial charge is 0.462 e. The summed E-state index contributed by atoms with van der Waals surface area (Å²) in [6.07, 6.45) is 3.93. The molecule has 21 heavy (non-hydrogen) atoms. The summed E-state index contributed by atoms with van der Waals surface area (Å²) in [5.41, 5.74) is 6.35. The maximum absolute atomic E-state index is 11.9. The number of carbonyl (C=O) groups is 1. The van der Waals surface area contributed by atoms with E-state index in [1.807, 2.05) is 6.92 Å². The molecule has 0 aliphatic carbocycles. The van der Waals surface area contributed by atoms with Crippen LogP contribution in [0.3, 0.4) is 0 Å². The van der Waals surface area contributed by atoms with E-state index in [4.69, 9.17) is 14.9 Å². The maximum Gasteiger partial charge on any atom is 0.341 e. The van der Waals surface area contributed by atoms with Gasteiger partial charge in [0.05, 0.1) is 31.2 Å². The van der Waals surface area contributed by atoms with Gasteiger partial charge in [-0.15, -0.1) is 0 Å². The van der Waals surface area contributed by atoms with E-state index in [1.54, 1.807) is 13.1 Å². The molecule has 3 N–H and O–H groups in total. The van der Waals surface area contributed by atoms with Crippen molar-refractivity contribution in [2.75, 3.05) is 17.7 Å². The molecule has 0 aliphatic rings. The van der Waals surface area contributed by atoms with Crippen LogP contribution in [-0.2, 0) is 17.7 Å². The molecule has 0 aromatic carbocycles. The molecule has 0 amide bonds. The average Bonchev–Trinajstić information content (AvgIpc) is 2.94. The van der Waals surface area contributed by atoms with Gasteiger partial charge in [0.1, 0.15) is 17.1 Å². The lowest BCUT2D eigenvalue weighted by atomic mass is 10.2. The second-order valence-electron chi connectivity index (χ2n) is 4.31. The van der Waals surface area contributed by atoms with Crippen LogP contribution in [0.4, 0.5) is 11.5 Å². The number of nitrogen functional groups attached to an aromatic ring is 1. The summed E-state index contributed by atoms with van der Waals surface area (Å²) < 4.78 is 10.5. The fraction of sp³-hybridized carbons (Fsp3) is 0.357. The topological polar surface area (TPSA) is 103 Å². The summed E-state index contributed by atoms with van der Waals surface area (Å²) in [4.78, 5) is 20.1. The van der Waals surface area contributed by atoms with Crippen molar-refractivity contribution in [3.05, 3.63) is 35.7 Å². The standard InChI is InChI=1S/C14H18N4O3/c1-3-10-7-16-12(21-10)8-18-13-11(14(19)20-4-2)5-9(15)6-17-13/h5-7H,3-4,8,15H2,1-2H3,(H,17,18). The maximum atomic E-state index is 11.9. The molecule has 0 aliphatic heterocycles. The molecule has 0 saturated carbocycles. The Balaban J connectivity index is 2.13. The zero-order valence-corrected chi connectivity index (χ0v) is 12.0. The summed E-state index contributed by atoms with van der Waals surface area (Å²) >= 11 is 0. The molecule has 0 atom stereocenters. The number of anilines is 2. The van der Waals surface area contributed by atoms with Crippen molar-refractivity contribution < 1.29 is 13.9 Å². The minimum atomic E-state index is -0.471. The van der Waals surface area contributed by atoms with E-state index in [1.165, 1.54) is 12.3 Å². The van der Waals surface area contributed by atoms with Crippen LogP contribution < -0.4 is 11.1 Å². The summed E-state index contributed by atoms with van der Waals surface area (Å²) in [7, 11) is 0. The second-order valence-corrected chi connectivity index (χ2v) is 4.31. The van der Waals surface area contributed by atoms with Crippen LogP contribution in [0.2, 0.25) is 0 Å². The second kappa shape index (κ2) is 6.74. The van der Waals surface area contributed by atoms with E-state index in [0.29, 0.717) is 29.5 Å². The Morgan fingerprint density at radius 2 is 2.19 bits per heavy atom. The number of ether oxygens (including phenoxy) is 1. The number of oxazole rings is 1. The van der Waals surface area contributed by atoms with Crippen LogP contribution in [0.15, 0.2) is 22.9 Å². The summed E-state index contributed by atoms with van der Waals surface area (Å²) in [5.74, 6) is 1.25. The van der Waals surface area contributed by atoms with Gasteiger partial charge in [0.2, 0.25) is 5.89 Å². The SMILES string of the molecule is CCOC(=O)c1cc(N)cnc1NCc1ncc(CC)o1. The molecule has 0 unspecified atom stereocenters. The normalized spacial score (nSPS) is 10.4. The molecule has 2 aromatic heterocycles. The van der Waals surface area contributed by atoms with E-state index in [9.17, 15) is 4.79 Å². The van der Waals surface area contributed by atoms with Gasteiger partial charge in [-0.25, -0.2) is 14.8 Å². The highest BCUT2D eigenvalue weighted by Gasteiger charge is 2.15. The Bertz CT molecular complexity index is 624. The Hall–Kier alpha value is -2.57. The Morgan fingerprint density at radius 3 is 2.86 bits per heavy atom. The van der Waals surface area contributed by atoms with Gasteiger partial charge in [-0.3, -0.25) is 0 Å². The van der Waals surface area contributed by atoms with Crippen LogP contribution in [0.1, 0.15) is 35.9 Å². The van der Waals surface area contributed by atoms with E-state index in [0.717, 1.165) is 12.2 Å². The minimum absolute atomic E-state index is 0.284. The van der Waals surface area contributed by atoms with Crippen molar-refractivity contribution >= 4 is 17.5 Å². The first kappa shape index (κ1) is 14.8. The van der Waals surface area contributed by atoms with Crippen LogP contribution in [0.5, 0.6) is 0 Å². The van der Waals surface area contributed by atoms with Gasteiger partial charge in [0, 0.05) is 6.42 Å². The molecule has 112 valence electrons. The fourth-order valence-corrected chi connectivity index (χ4v) is 1.74. The highest BCUT2D eigenvalue weighted by Crippen LogP contribution is 2.18. The molecule has 0 radical (unpaired) electrons. The molecule has 7 heteroatoms. The summed E-state index contributed by atoms with van der Waals surface area (Å²) in [5, 5.41) is 3.01. The van der Waals surface area contributed by atoms with Gasteiger partial charge in [-0.05, 0) is 13.0 Å². The fourth-order valence-electron chi connectivity index (χ4n) is 1.74. The molecule has 7 nitrogen and oxygen atoms in total. The summed E-state index contributed by atoms with van der Waals surface area (Å²) in [6.45, 7) is 4.33. The molecule has 0 saturated heterocycles. The zero-order valence-electron chi connectivity index (χ0n) is 12.0. The lowest BCUT2D eigenvalue weighted by Gasteiger charge is -2.09. The Kier molecular flexibility index (Phi) is 4.76. The number of nitrogens with one attached hydrogen (secondary N) is 1. The van der Waals surface area contributed by atoms with E-state index < -0.39 is 5.97 Å². The molecule has 0 spiro atoms. The van der Waals surface area contributed by atoms with Crippen molar-refractivity contribution in [1.29, 1.82) is 0 Å². The van der Waals surface area contributed by atoms with Crippen molar-refractivity contribution in [3.63, 3.8) is 0 Å². The zero-order chi connectivity index (χ0) is 15.2. The van der Waals surface area contributed by atoms with Crippen molar-refractivity contribution in [2.24, 2.45) is 0 Å². The number of pyridine rings is 1. The number of esters is 1. The van der Waals surface area contributed by atoms with E-state index in [2.05, 4.69) is 15.3 Å². The van der Waals surface area contributed by atoms with Gasteiger partial charge < -0.3 is 20.2 Å². The van der Waals surface area contributed by atoms with Gasteiger partial charge in [0.25, 0.3) is 0 Å². The van der Waals surface area contributed by atoms with Crippen molar-refractivity contribution in [1.82, 2.24) is 9.97 Å². The van der Waals surface area contributed by atoms with Gasteiger partial charge in [-0.1, -0.05) is 6.92 Å². The predicted octanol–water partition coefficient (Wildman–Crippen LogP) is 2.00. The molecular formula is C14H18N4O3. The van der Waals surface area contributed by atoms with Gasteiger partial charge in [0.15, 0.2) is 0 Å². The Labute approximate surface area is 122 Å². The molecule has 0 fully saturated rings. The lowest BCUT2D eigenvalue weighted by molar-refractivity contribution is 0.0527. The molecule has 2 heterocycles. The predicted molar refractivity (Wildman–Crippen MR) is 77.8 cm³/mol. The van der Waals surface area contributed by atoms with Gasteiger partial charge >= 0.3 is 5.97 Å². The third-order valence-corrected chi connectivity index (χ3v) is 2.76. The number of hydrogen-bond acceptors (Lipinski definition) is 7. The third-order valence-electron chi connectivity index (χ3n) is 2.76. The van der Waals surface area contributed by atoms with Crippen molar-refractivity contribution in [3.8, 4) is 0 Å². The number of aryl methyl sites for hydroxylation is 1. The first-order valence-corrected chi connectivity index (χ1v) is 6.74. The van der Waals surface area contributed by atoms with Crippen LogP contribution in [0.25, 0.3) is 0 Å². The van der Waals surface area contributed by atoms with Gasteiger partial charge in [-0.2, -0.15) is 0 Å². The van der Waals surface area contributed by atoms with Crippen LogP contribution in [-0.4, -0.2) is 22.5 Å². The molecular weight excluding hydrogens is 272 g/mol. The monoisotopic (exact) mass is 290 g/mol. The molecule has 0 bridgehead atoms. The average molecular weight is 290 g/mol. The summed E-state index contributed by atoms with van der Waals surface area (Å²) in [6, 6.07) is 1.53. The third kappa shape index (κ3) is 3.71.